The van der Waals surface area contributed by atoms with E-state index in [1.165, 1.54) is 23.1 Å². The number of ether oxygens (including phenoxy) is 1. The Kier molecular flexibility index (Phi) is 7.82. The van der Waals surface area contributed by atoms with Gasteiger partial charge in [-0.25, -0.2) is 4.98 Å². The second-order valence-electron chi connectivity index (χ2n) is 4.97. The molecule has 0 spiro atoms. The topological polar surface area (TPSA) is 113 Å². The minimum atomic E-state index is -0.532. The lowest BCUT2D eigenvalue weighted by molar-refractivity contribution is -0.115. The van der Waals surface area contributed by atoms with Crippen molar-refractivity contribution >= 4 is 46.4 Å². The summed E-state index contributed by atoms with van der Waals surface area (Å²) < 4.78 is 5.25. The number of carbonyl (C=O) groups excluding carboxylic acids is 2. The number of nitrogens with zero attached hydrogens (tertiary/aromatic N) is 1. The molecular formula is C16H20N4O4S2. The van der Waals surface area contributed by atoms with Gasteiger partial charge in [-0.15, -0.1) is 11.3 Å². The summed E-state index contributed by atoms with van der Waals surface area (Å²) in [6.45, 7) is 4.70. The van der Waals surface area contributed by atoms with Gasteiger partial charge in [-0.05, 0) is 18.4 Å². The maximum absolute atomic E-state index is 12.4. The van der Waals surface area contributed by atoms with Gasteiger partial charge >= 0.3 is 0 Å². The number of H-pyrrole nitrogens is 1. The predicted octanol–water partition coefficient (Wildman–Crippen LogP) is 2.56. The van der Waals surface area contributed by atoms with Crippen molar-refractivity contribution in [3.05, 3.63) is 32.7 Å². The number of amides is 2. The molecular weight excluding hydrogens is 376 g/mol. The zero-order valence-corrected chi connectivity index (χ0v) is 16.1. The number of nitrogens with one attached hydrogen (secondary N) is 3. The van der Waals surface area contributed by atoms with Crippen LogP contribution in [0.3, 0.4) is 0 Å². The molecule has 3 N–H and O–H groups in total. The summed E-state index contributed by atoms with van der Waals surface area (Å²) in [6, 6.07) is 3.38. The molecule has 0 fully saturated rings. The van der Waals surface area contributed by atoms with Gasteiger partial charge in [0.15, 0.2) is 16.7 Å². The van der Waals surface area contributed by atoms with Crippen LogP contribution in [0.15, 0.2) is 27.5 Å². The fourth-order valence-electron chi connectivity index (χ4n) is 1.87. The molecule has 0 saturated carbocycles. The van der Waals surface area contributed by atoms with Gasteiger partial charge in [0.2, 0.25) is 5.91 Å². The molecule has 0 radical (unpaired) electrons. The van der Waals surface area contributed by atoms with Crippen LogP contribution < -0.4 is 16.2 Å². The van der Waals surface area contributed by atoms with Crippen molar-refractivity contribution in [2.24, 2.45) is 0 Å². The summed E-state index contributed by atoms with van der Waals surface area (Å²) in [5.41, 5.74) is -0.616. The number of thioether (sulfide) groups is 1. The second kappa shape index (κ2) is 10.1. The Balaban J connectivity index is 2.25. The number of aromatic nitrogens is 2. The van der Waals surface area contributed by atoms with E-state index in [2.05, 4.69) is 20.6 Å². The molecule has 0 bridgehead atoms. The maximum atomic E-state index is 12.4. The minimum absolute atomic E-state index is 0.0319. The summed E-state index contributed by atoms with van der Waals surface area (Å²) in [6.07, 6.45) is 0.222. The molecule has 0 aliphatic carbocycles. The summed E-state index contributed by atoms with van der Waals surface area (Å²) in [4.78, 5) is 43.8. The van der Waals surface area contributed by atoms with E-state index in [0.29, 0.717) is 29.0 Å². The maximum Gasteiger partial charge on any atom is 0.277 e. The van der Waals surface area contributed by atoms with Gasteiger partial charge in [0, 0.05) is 18.8 Å². The fraction of sp³-hybridized carbons (Fsp3) is 0.375. The number of carbonyl (C=O) groups is 2. The fourth-order valence-corrected chi connectivity index (χ4v) is 3.21. The molecule has 26 heavy (non-hydrogen) atoms. The molecule has 2 rings (SSSR count). The van der Waals surface area contributed by atoms with E-state index in [9.17, 15) is 14.4 Å². The number of hydrogen-bond acceptors (Lipinski definition) is 7. The number of rotatable bonds is 9. The van der Waals surface area contributed by atoms with Gasteiger partial charge in [0.25, 0.3) is 11.5 Å². The van der Waals surface area contributed by atoms with Crippen molar-refractivity contribution in [1.29, 1.82) is 0 Å². The van der Waals surface area contributed by atoms with Crippen LogP contribution in [0, 0.1) is 0 Å². The molecule has 0 atom stereocenters. The van der Waals surface area contributed by atoms with Crippen molar-refractivity contribution in [3.63, 3.8) is 0 Å². The Hall–Kier alpha value is -2.17. The first-order chi connectivity index (χ1) is 12.5. The first-order valence-electron chi connectivity index (χ1n) is 8.04. The van der Waals surface area contributed by atoms with Gasteiger partial charge in [0.1, 0.15) is 0 Å². The number of anilines is 2. The highest BCUT2D eigenvalue weighted by Crippen LogP contribution is 2.21. The van der Waals surface area contributed by atoms with E-state index in [4.69, 9.17) is 4.74 Å². The Morgan fingerprint density at radius 3 is 2.81 bits per heavy atom. The first kappa shape index (κ1) is 20.1. The molecule has 0 aliphatic heterocycles. The van der Waals surface area contributed by atoms with Crippen molar-refractivity contribution < 1.29 is 14.3 Å². The SMILES string of the molecule is CCOCCSc1nc(NC(=O)CC)c(NC(=O)c2cccs2)c(=O)[nH]1. The standard InChI is InChI=1S/C16H20N4O4S2/c1-3-11(21)17-13-12(18-14(22)10-6-5-8-25-10)15(23)20-16(19-13)26-9-7-24-4-2/h5-6,8H,3-4,7,9H2,1-2H3,(H,18,22)(H2,17,19,20,21,23). The molecule has 10 heteroatoms. The van der Waals surface area contributed by atoms with Gasteiger partial charge < -0.3 is 15.4 Å². The highest BCUT2D eigenvalue weighted by atomic mass is 32.2. The molecule has 2 aromatic heterocycles. The summed E-state index contributed by atoms with van der Waals surface area (Å²) in [7, 11) is 0. The van der Waals surface area contributed by atoms with Crippen LogP contribution in [0.25, 0.3) is 0 Å². The normalized spacial score (nSPS) is 10.5. The van der Waals surface area contributed by atoms with E-state index in [0.717, 1.165) is 0 Å². The Bertz CT molecular complexity index is 805. The van der Waals surface area contributed by atoms with Gasteiger partial charge in [-0.3, -0.25) is 19.4 Å². The molecule has 140 valence electrons. The predicted molar refractivity (Wildman–Crippen MR) is 103 cm³/mol. The molecule has 0 saturated heterocycles. The van der Waals surface area contributed by atoms with E-state index in [-0.39, 0.29) is 23.8 Å². The van der Waals surface area contributed by atoms with Crippen LogP contribution in [0.4, 0.5) is 11.5 Å². The van der Waals surface area contributed by atoms with Crippen LogP contribution in [-0.4, -0.2) is 40.7 Å². The molecule has 0 aromatic carbocycles. The van der Waals surface area contributed by atoms with Gasteiger partial charge in [0.05, 0.1) is 11.5 Å². The molecule has 2 heterocycles. The largest absolute Gasteiger partial charge is 0.381 e. The van der Waals surface area contributed by atoms with Crippen molar-refractivity contribution in [3.8, 4) is 0 Å². The second-order valence-corrected chi connectivity index (χ2v) is 7.00. The number of hydrogen-bond donors (Lipinski definition) is 3. The third kappa shape index (κ3) is 5.68. The Morgan fingerprint density at radius 1 is 1.35 bits per heavy atom. The number of thiophene rings is 1. The molecule has 2 amide bonds. The van der Waals surface area contributed by atoms with E-state index >= 15 is 0 Å². The highest BCUT2D eigenvalue weighted by Gasteiger charge is 2.17. The lowest BCUT2D eigenvalue weighted by Gasteiger charge is -2.11. The van der Waals surface area contributed by atoms with E-state index < -0.39 is 11.5 Å². The smallest absolute Gasteiger partial charge is 0.277 e. The Morgan fingerprint density at radius 2 is 2.15 bits per heavy atom. The third-order valence-electron chi connectivity index (χ3n) is 3.13. The molecule has 0 aliphatic rings. The molecule has 2 aromatic rings. The van der Waals surface area contributed by atoms with E-state index in [1.54, 1.807) is 24.4 Å². The highest BCUT2D eigenvalue weighted by molar-refractivity contribution is 7.99. The van der Waals surface area contributed by atoms with Gasteiger partial charge in [-0.2, -0.15) is 0 Å². The van der Waals surface area contributed by atoms with Gasteiger partial charge in [-0.1, -0.05) is 24.8 Å². The van der Waals surface area contributed by atoms with Crippen LogP contribution in [0.1, 0.15) is 29.9 Å². The lowest BCUT2D eigenvalue weighted by atomic mass is 10.3. The Labute approximate surface area is 158 Å². The number of aromatic amines is 1. The summed E-state index contributed by atoms with van der Waals surface area (Å²) in [5, 5.41) is 7.20. The minimum Gasteiger partial charge on any atom is -0.381 e. The third-order valence-corrected chi connectivity index (χ3v) is 4.84. The summed E-state index contributed by atoms with van der Waals surface area (Å²) in [5.74, 6) is -0.112. The lowest BCUT2D eigenvalue weighted by Crippen LogP contribution is -2.24. The zero-order chi connectivity index (χ0) is 18.9. The average Bonchev–Trinajstić information content (AvgIpc) is 3.16. The zero-order valence-electron chi connectivity index (χ0n) is 14.5. The van der Waals surface area contributed by atoms with Crippen LogP contribution >= 0.6 is 23.1 Å². The monoisotopic (exact) mass is 396 g/mol. The summed E-state index contributed by atoms with van der Waals surface area (Å²) >= 11 is 2.54. The van der Waals surface area contributed by atoms with Crippen LogP contribution in [0.5, 0.6) is 0 Å². The van der Waals surface area contributed by atoms with Crippen molar-refractivity contribution in [2.45, 2.75) is 25.4 Å². The van der Waals surface area contributed by atoms with Crippen molar-refractivity contribution in [2.75, 3.05) is 29.6 Å². The quantitative estimate of drug-likeness (QED) is 0.341. The first-order valence-corrected chi connectivity index (χ1v) is 9.91. The molecule has 8 nitrogen and oxygen atoms in total. The van der Waals surface area contributed by atoms with Crippen LogP contribution in [-0.2, 0) is 9.53 Å². The van der Waals surface area contributed by atoms with Crippen LogP contribution in [0.2, 0.25) is 0 Å². The average molecular weight is 396 g/mol. The molecule has 0 unspecified atom stereocenters. The van der Waals surface area contributed by atoms with E-state index in [1.807, 2.05) is 6.92 Å². The van der Waals surface area contributed by atoms with Crippen molar-refractivity contribution in [1.82, 2.24) is 9.97 Å².